The topological polar surface area (TPSA) is 32.8 Å². The monoisotopic (exact) mass is 330 g/mol. The number of carbonyl (C=O) groups excluding carboxylic acids is 1. The van der Waals surface area contributed by atoms with Gasteiger partial charge in [-0.1, -0.05) is 30.3 Å². The first-order valence-corrected chi connectivity index (χ1v) is 9.27. The number of likely N-dealkylation sites (tertiary alicyclic amines) is 1. The Balaban J connectivity index is 1.45. The number of piperidine rings is 1. The van der Waals surface area contributed by atoms with Gasteiger partial charge in [0, 0.05) is 26.2 Å². The van der Waals surface area contributed by atoms with Crippen LogP contribution in [0, 0.1) is 11.8 Å². The highest BCUT2D eigenvalue weighted by atomic mass is 16.5. The quantitative estimate of drug-likeness (QED) is 0.832. The second kappa shape index (κ2) is 8.13. The Morgan fingerprint density at radius 3 is 2.58 bits per heavy atom. The van der Waals surface area contributed by atoms with E-state index in [1.165, 1.54) is 18.4 Å². The summed E-state index contributed by atoms with van der Waals surface area (Å²) in [5.41, 5.74) is 1.39. The molecular formula is C20H30N2O2. The van der Waals surface area contributed by atoms with Gasteiger partial charge < -0.3 is 9.64 Å². The zero-order chi connectivity index (χ0) is 16.9. The Morgan fingerprint density at radius 1 is 1.25 bits per heavy atom. The largest absolute Gasteiger partial charge is 0.381 e. The van der Waals surface area contributed by atoms with Crippen molar-refractivity contribution in [3.8, 4) is 0 Å². The molecule has 0 radical (unpaired) electrons. The van der Waals surface area contributed by atoms with Crippen molar-refractivity contribution in [2.45, 2.75) is 32.2 Å². The van der Waals surface area contributed by atoms with Crippen molar-refractivity contribution < 1.29 is 9.53 Å². The number of benzene rings is 1. The maximum atomic E-state index is 12.4. The molecule has 4 nitrogen and oxygen atoms in total. The van der Waals surface area contributed by atoms with Gasteiger partial charge in [-0.3, -0.25) is 9.69 Å². The molecule has 2 saturated heterocycles. The van der Waals surface area contributed by atoms with E-state index in [4.69, 9.17) is 4.74 Å². The molecular weight excluding hydrogens is 300 g/mol. The number of amides is 1. The van der Waals surface area contributed by atoms with Gasteiger partial charge in [0.25, 0.3) is 0 Å². The summed E-state index contributed by atoms with van der Waals surface area (Å²) in [6, 6.07) is 11.2. The van der Waals surface area contributed by atoms with Crippen molar-refractivity contribution in [3.63, 3.8) is 0 Å². The molecule has 0 spiro atoms. The fourth-order valence-electron chi connectivity index (χ4n) is 3.98. The first kappa shape index (κ1) is 17.4. The van der Waals surface area contributed by atoms with Gasteiger partial charge in [-0.15, -0.1) is 0 Å². The van der Waals surface area contributed by atoms with E-state index >= 15 is 0 Å². The van der Waals surface area contributed by atoms with E-state index in [1.807, 2.05) is 11.9 Å². The Kier molecular flexibility index (Phi) is 5.90. The third-order valence-corrected chi connectivity index (χ3v) is 5.67. The molecule has 2 aliphatic heterocycles. The molecule has 0 bridgehead atoms. The van der Waals surface area contributed by atoms with Crippen molar-refractivity contribution in [2.75, 3.05) is 39.9 Å². The first-order valence-electron chi connectivity index (χ1n) is 9.27. The van der Waals surface area contributed by atoms with E-state index in [1.54, 1.807) is 0 Å². The fraction of sp³-hybridized carbons (Fsp3) is 0.650. The van der Waals surface area contributed by atoms with Crippen molar-refractivity contribution in [1.82, 2.24) is 9.80 Å². The van der Waals surface area contributed by atoms with Gasteiger partial charge in [0.1, 0.15) is 0 Å². The minimum Gasteiger partial charge on any atom is -0.381 e. The van der Waals surface area contributed by atoms with Crippen LogP contribution in [-0.4, -0.2) is 55.6 Å². The van der Waals surface area contributed by atoms with Crippen molar-refractivity contribution in [1.29, 1.82) is 0 Å². The smallest absolute Gasteiger partial charge is 0.227 e. The second-order valence-electron chi connectivity index (χ2n) is 7.35. The maximum absolute atomic E-state index is 12.4. The predicted octanol–water partition coefficient (Wildman–Crippen LogP) is 2.95. The molecule has 0 aromatic heterocycles. The molecule has 4 heteroatoms. The first-order chi connectivity index (χ1) is 11.6. The van der Waals surface area contributed by atoms with E-state index in [0.29, 0.717) is 18.6 Å². The number of rotatable bonds is 5. The third-order valence-electron chi connectivity index (χ3n) is 5.67. The maximum Gasteiger partial charge on any atom is 0.227 e. The Hall–Kier alpha value is -1.39. The Morgan fingerprint density at radius 2 is 1.96 bits per heavy atom. The third kappa shape index (κ3) is 4.17. The lowest BCUT2D eigenvalue weighted by atomic mass is 9.93. The summed E-state index contributed by atoms with van der Waals surface area (Å²) in [6.07, 6.45) is 3.24. The minimum absolute atomic E-state index is 0.0909. The molecule has 2 fully saturated rings. The molecule has 132 valence electrons. The SMILES string of the molecule is CC(c1ccccc1)N1CCC(CN(C)C(=O)C2CCOC2)CC1. The zero-order valence-corrected chi connectivity index (χ0v) is 15.0. The van der Waals surface area contributed by atoms with Gasteiger partial charge in [0.15, 0.2) is 0 Å². The van der Waals surface area contributed by atoms with E-state index in [9.17, 15) is 4.79 Å². The number of hydrogen-bond acceptors (Lipinski definition) is 3. The second-order valence-corrected chi connectivity index (χ2v) is 7.35. The lowest BCUT2D eigenvalue weighted by Crippen LogP contribution is -2.41. The summed E-state index contributed by atoms with van der Waals surface area (Å²) in [7, 11) is 1.96. The van der Waals surface area contributed by atoms with Crippen LogP contribution in [0.3, 0.4) is 0 Å². The summed E-state index contributed by atoms with van der Waals surface area (Å²) in [5.74, 6) is 0.987. The van der Waals surface area contributed by atoms with Gasteiger partial charge in [0.05, 0.1) is 12.5 Å². The molecule has 24 heavy (non-hydrogen) atoms. The number of nitrogens with zero attached hydrogens (tertiary/aromatic N) is 2. The van der Waals surface area contributed by atoms with E-state index < -0.39 is 0 Å². The number of hydrogen-bond donors (Lipinski definition) is 0. The van der Waals surface area contributed by atoms with Crippen LogP contribution in [0.25, 0.3) is 0 Å². The highest BCUT2D eigenvalue weighted by Gasteiger charge is 2.29. The molecule has 2 aliphatic rings. The van der Waals surface area contributed by atoms with Crippen molar-refractivity contribution in [3.05, 3.63) is 35.9 Å². The normalized spacial score (nSPS) is 24.0. The lowest BCUT2D eigenvalue weighted by Gasteiger charge is -2.37. The lowest BCUT2D eigenvalue weighted by molar-refractivity contribution is -0.135. The molecule has 0 N–H and O–H groups in total. The van der Waals surface area contributed by atoms with Gasteiger partial charge >= 0.3 is 0 Å². The molecule has 2 unspecified atom stereocenters. The zero-order valence-electron chi connectivity index (χ0n) is 15.0. The average Bonchev–Trinajstić information content (AvgIpc) is 3.16. The Bertz CT molecular complexity index is 520. The van der Waals surface area contributed by atoms with Gasteiger partial charge in [-0.25, -0.2) is 0 Å². The highest BCUT2D eigenvalue weighted by Crippen LogP contribution is 2.27. The van der Waals surface area contributed by atoms with Crippen LogP contribution in [0.2, 0.25) is 0 Å². The Labute approximate surface area is 145 Å². The highest BCUT2D eigenvalue weighted by molar-refractivity contribution is 5.78. The van der Waals surface area contributed by atoms with E-state index in [0.717, 1.165) is 32.7 Å². The minimum atomic E-state index is 0.0909. The molecule has 3 rings (SSSR count). The summed E-state index contributed by atoms with van der Waals surface area (Å²) in [6.45, 7) is 6.77. The van der Waals surface area contributed by atoms with E-state index in [2.05, 4.69) is 42.2 Å². The summed E-state index contributed by atoms with van der Waals surface area (Å²) in [5, 5.41) is 0. The van der Waals surface area contributed by atoms with Crippen LogP contribution < -0.4 is 0 Å². The fourth-order valence-corrected chi connectivity index (χ4v) is 3.98. The average molecular weight is 330 g/mol. The molecule has 2 heterocycles. The van der Waals surface area contributed by atoms with Crippen LogP contribution in [-0.2, 0) is 9.53 Å². The number of carbonyl (C=O) groups is 1. The summed E-state index contributed by atoms with van der Waals surface area (Å²) < 4.78 is 5.35. The molecule has 0 saturated carbocycles. The van der Waals surface area contributed by atoms with Crippen LogP contribution in [0.4, 0.5) is 0 Å². The standard InChI is InChI=1S/C20H30N2O2/c1-16(18-6-4-3-5-7-18)22-11-8-17(9-12-22)14-21(2)20(23)19-10-13-24-15-19/h3-7,16-17,19H,8-15H2,1-2H3. The molecule has 1 aromatic carbocycles. The van der Waals surface area contributed by atoms with Crippen molar-refractivity contribution in [2.24, 2.45) is 11.8 Å². The number of ether oxygens (including phenoxy) is 1. The summed E-state index contributed by atoms with van der Waals surface area (Å²) >= 11 is 0. The van der Waals surface area contributed by atoms with Gasteiger partial charge in [0.2, 0.25) is 5.91 Å². The van der Waals surface area contributed by atoms with Crippen molar-refractivity contribution >= 4 is 5.91 Å². The predicted molar refractivity (Wildman–Crippen MR) is 95.7 cm³/mol. The van der Waals surface area contributed by atoms with E-state index in [-0.39, 0.29) is 11.8 Å². The molecule has 1 amide bonds. The molecule has 1 aromatic rings. The summed E-state index contributed by atoms with van der Waals surface area (Å²) in [4.78, 5) is 16.9. The van der Waals surface area contributed by atoms with Gasteiger partial charge in [-0.2, -0.15) is 0 Å². The van der Waals surface area contributed by atoms with Crippen LogP contribution in [0.1, 0.15) is 37.8 Å². The molecule has 0 aliphatic carbocycles. The van der Waals surface area contributed by atoms with Crippen LogP contribution >= 0.6 is 0 Å². The van der Waals surface area contributed by atoms with Crippen LogP contribution in [0.15, 0.2) is 30.3 Å². The van der Waals surface area contributed by atoms with Crippen LogP contribution in [0.5, 0.6) is 0 Å². The molecule has 2 atom stereocenters. The van der Waals surface area contributed by atoms with Gasteiger partial charge in [-0.05, 0) is 50.8 Å².